The highest BCUT2D eigenvalue weighted by atomic mass is 32.2. The summed E-state index contributed by atoms with van der Waals surface area (Å²) in [6.07, 6.45) is 0. The predicted octanol–water partition coefficient (Wildman–Crippen LogP) is 4.98. The fraction of sp³-hybridized carbons (Fsp3) is 0.0952. The summed E-state index contributed by atoms with van der Waals surface area (Å²) in [5.74, 6) is 0.641. The molecule has 1 N–H and O–H groups in total. The molecule has 3 aromatic rings. The maximum atomic E-state index is 12.7. The monoisotopic (exact) mass is 397 g/mol. The van der Waals surface area contributed by atoms with E-state index in [4.69, 9.17) is 0 Å². The average Bonchev–Trinajstić information content (AvgIpc) is 2.68. The van der Waals surface area contributed by atoms with Gasteiger partial charge in [-0.15, -0.1) is 11.8 Å². The average molecular weight is 398 g/mol. The lowest BCUT2D eigenvalue weighted by Crippen LogP contribution is -2.13. The standard InChI is InChI=1S/C21H19NO3S2/c1-16(23)18-11-13-19(14-12-18)27(24,25)22-20-9-5-6-10-21(20)26-15-17-7-3-2-4-8-17/h2-14,22H,15H2,1H3. The van der Waals surface area contributed by atoms with E-state index in [1.807, 2.05) is 42.5 Å². The second kappa shape index (κ2) is 8.41. The number of para-hydroxylation sites is 1. The summed E-state index contributed by atoms with van der Waals surface area (Å²) in [5.41, 5.74) is 2.18. The van der Waals surface area contributed by atoms with E-state index in [9.17, 15) is 13.2 Å². The van der Waals surface area contributed by atoms with Crippen molar-refractivity contribution in [3.63, 3.8) is 0 Å². The smallest absolute Gasteiger partial charge is 0.261 e. The zero-order chi connectivity index (χ0) is 19.3. The minimum atomic E-state index is -3.74. The number of sulfonamides is 1. The van der Waals surface area contributed by atoms with Gasteiger partial charge in [0.15, 0.2) is 5.78 Å². The fourth-order valence-corrected chi connectivity index (χ4v) is 4.59. The number of thioether (sulfide) groups is 1. The Labute approximate surface area is 163 Å². The van der Waals surface area contributed by atoms with E-state index >= 15 is 0 Å². The topological polar surface area (TPSA) is 63.2 Å². The van der Waals surface area contributed by atoms with Crippen LogP contribution in [0.4, 0.5) is 5.69 Å². The number of ketones is 1. The van der Waals surface area contributed by atoms with Gasteiger partial charge in [0.05, 0.1) is 10.6 Å². The molecule has 0 amide bonds. The van der Waals surface area contributed by atoms with Crippen LogP contribution in [0.3, 0.4) is 0 Å². The number of benzene rings is 3. The van der Waals surface area contributed by atoms with Crippen molar-refractivity contribution < 1.29 is 13.2 Å². The molecule has 0 radical (unpaired) electrons. The maximum Gasteiger partial charge on any atom is 0.261 e. The molecule has 0 aromatic heterocycles. The Balaban J connectivity index is 1.79. The van der Waals surface area contributed by atoms with Gasteiger partial charge in [0, 0.05) is 16.2 Å². The molecule has 0 aliphatic carbocycles. The zero-order valence-corrected chi connectivity index (χ0v) is 16.4. The minimum Gasteiger partial charge on any atom is -0.295 e. The van der Waals surface area contributed by atoms with Gasteiger partial charge in [0.25, 0.3) is 10.0 Å². The third kappa shape index (κ3) is 4.99. The van der Waals surface area contributed by atoms with Crippen LogP contribution in [-0.2, 0) is 15.8 Å². The molecule has 0 bridgehead atoms. The Bertz CT molecular complexity index is 1030. The van der Waals surface area contributed by atoms with Crippen LogP contribution in [0.2, 0.25) is 0 Å². The minimum absolute atomic E-state index is 0.102. The highest BCUT2D eigenvalue weighted by molar-refractivity contribution is 7.98. The zero-order valence-electron chi connectivity index (χ0n) is 14.8. The summed E-state index contributed by atoms with van der Waals surface area (Å²) in [6, 6.07) is 23.2. The molecular formula is C21H19NO3S2. The molecule has 0 unspecified atom stereocenters. The summed E-state index contributed by atoms with van der Waals surface area (Å²) < 4.78 is 28.1. The van der Waals surface area contributed by atoms with Crippen molar-refractivity contribution in [3.8, 4) is 0 Å². The molecule has 138 valence electrons. The molecule has 0 saturated carbocycles. The Morgan fingerprint density at radius 1 is 0.889 bits per heavy atom. The van der Waals surface area contributed by atoms with Crippen LogP contribution in [0.25, 0.3) is 0 Å². The normalized spacial score (nSPS) is 11.1. The second-order valence-corrected chi connectivity index (χ2v) is 8.66. The van der Waals surface area contributed by atoms with Crippen LogP contribution in [0.1, 0.15) is 22.8 Å². The number of carbonyl (C=O) groups excluding carboxylic acids is 1. The Morgan fingerprint density at radius 2 is 1.52 bits per heavy atom. The second-order valence-electron chi connectivity index (χ2n) is 5.96. The molecule has 0 heterocycles. The molecule has 0 aliphatic heterocycles. The van der Waals surface area contributed by atoms with Crippen molar-refractivity contribution >= 4 is 33.3 Å². The van der Waals surface area contributed by atoms with Gasteiger partial charge in [-0.05, 0) is 36.8 Å². The molecule has 6 heteroatoms. The molecule has 27 heavy (non-hydrogen) atoms. The number of carbonyl (C=O) groups is 1. The summed E-state index contributed by atoms with van der Waals surface area (Å²) >= 11 is 1.57. The molecule has 0 saturated heterocycles. The predicted molar refractivity (Wildman–Crippen MR) is 110 cm³/mol. The van der Waals surface area contributed by atoms with E-state index in [2.05, 4.69) is 4.72 Å². The summed E-state index contributed by atoms with van der Waals surface area (Å²) in [4.78, 5) is 12.3. The van der Waals surface area contributed by atoms with Crippen LogP contribution in [0.15, 0.2) is 88.7 Å². The molecule has 0 aliphatic rings. The molecule has 3 rings (SSSR count). The first-order chi connectivity index (χ1) is 13.0. The number of nitrogens with one attached hydrogen (secondary N) is 1. The molecule has 4 nitrogen and oxygen atoms in total. The van der Waals surface area contributed by atoms with Gasteiger partial charge >= 0.3 is 0 Å². The van der Waals surface area contributed by atoms with Crippen molar-refractivity contribution in [1.82, 2.24) is 0 Å². The molecule has 0 spiro atoms. The quantitative estimate of drug-likeness (QED) is 0.451. The van der Waals surface area contributed by atoms with E-state index < -0.39 is 10.0 Å². The fourth-order valence-electron chi connectivity index (χ4n) is 2.48. The summed E-state index contributed by atoms with van der Waals surface area (Å²) in [6.45, 7) is 1.45. The third-order valence-electron chi connectivity index (χ3n) is 3.94. The molecular weight excluding hydrogens is 378 g/mol. The van der Waals surface area contributed by atoms with Gasteiger partial charge in [0.2, 0.25) is 0 Å². The van der Waals surface area contributed by atoms with Crippen molar-refractivity contribution in [1.29, 1.82) is 0 Å². The number of hydrogen-bond donors (Lipinski definition) is 1. The largest absolute Gasteiger partial charge is 0.295 e. The molecule has 0 fully saturated rings. The van der Waals surface area contributed by atoms with Crippen molar-refractivity contribution in [2.75, 3.05) is 4.72 Å². The van der Waals surface area contributed by atoms with Crippen molar-refractivity contribution in [2.45, 2.75) is 22.5 Å². The van der Waals surface area contributed by atoms with E-state index in [-0.39, 0.29) is 10.7 Å². The van der Waals surface area contributed by atoms with Crippen LogP contribution in [0.5, 0.6) is 0 Å². The first kappa shape index (κ1) is 19.2. The first-order valence-corrected chi connectivity index (χ1v) is 10.8. The Morgan fingerprint density at radius 3 is 2.19 bits per heavy atom. The summed E-state index contributed by atoms with van der Waals surface area (Å²) in [5, 5.41) is 0. The van der Waals surface area contributed by atoms with Crippen molar-refractivity contribution in [2.24, 2.45) is 0 Å². The molecule has 3 aromatic carbocycles. The van der Waals surface area contributed by atoms with Crippen LogP contribution in [0, 0.1) is 0 Å². The number of anilines is 1. The van der Waals surface area contributed by atoms with Crippen LogP contribution < -0.4 is 4.72 Å². The lowest BCUT2D eigenvalue weighted by Gasteiger charge is -2.12. The van der Waals surface area contributed by atoms with Gasteiger partial charge in [-0.25, -0.2) is 8.42 Å². The van der Waals surface area contributed by atoms with Gasteiger partial charge < -0.3 is 0 Å². The molecule has 0 atom stereocenters. The van der Waals surface area contributed by atoms with Gasteiger partial charge in [-0.1, -0.05) is 54.6 Å². The number of rotatable bonds is 7. The Hall–Kier alpha value is -2.57. The SMILES string of the molecule is CC(=O)c1ccc(S(=O)(=O)Nc2ccccc2SCc2ccccc2)cc1. The highest BCUT2D eigenvalue weighted by Crippen LogP contribution is 2.31. The van der Waals surface area contributed by atoms with E-state index in [1.165, 1.54) is 36.8 Å². The van der Waals surface area contributed by atoms with Gasteiger partial charge in [-0.3, -0.25) is 9.52 Å². The lowest BCUT2D eigenvalue weighted by atomic mass is 10.2. The van der Waals surface area contributed by atoms with Gasteiger partial charge in [-0.2, -0.15) is 0 Å². The number of hydrogen-bond acceptors (Lipinski definition) is 4. The van der Waals surface area contributed by atoms with Gasteiger partial charge in [0.1, 0.15) is 0 Å². The maximum absolute atomic E-state index is 12.7. The first-order valence-electron chi connectivity index (χ1n) is 8.35. The van der Waals surface area contributed by atoms with E-state index in [0.717, 1.165) is 10.6 Å². The third-order valence-corrected chi connectivity index (χ3v) is 6.47. The van der Waals surface area contributed by atoms with Crippen LogP contribution in [-0.4, -0.2) is 14.2 Å². The van der Waals surface area contributed by atoms with Crippen molar-refractivity contribution in [3.05, 3.63) is 90.0 Å². The number of Topliss-reactive ketones (excluding diaryl/α,β-unsaturated/α-hetero) is 1. The van der Waals surface area contributed by atoms with Crippen LogP contribution >= 0.6 is 11.8 Å². The highest BCUT2D eigenvalue weighted by Gasteiger charge is 2.16. The van der Waals surface area contributed by atoms with E-state index in [0.29, 0.717) is 11.3 Å². The summed E-state index contributed by atoms with van der Waals surface area (Å²) in [7, 11) is -3.74. The Kier molecular flexibility index (Phi) is 5.98. The van der Waals surface area contributed by atoms with E-state index in [1.54, 1.807) is 23.9 Å². The lowest BCUT2D eigenvalue weighted by molar-refractivity contribution is 0.101.